The quantitative estimate of drug-likeness (QED) is 0.857. The third-order valence-corrected chi connectivity index (χ3v) is 4.75. The van der Waals surface area contributed by atoms with Crippen LogP contribution in [-0.4, -0.2) is 41.6 Å². The lowest BCUT2D eigenvalue weighted by Crippen LogP contribution is -2.49. The Kier molecular flexibility index (Phi) is 6.09. The van der Waals surface area contributed by atoms with Crippen LogP contribution in [0.4, 0.5) is 0 Å². The van der Waals surface area contributed by atoms with Crippen LogP contribution in [0.2, 0.25) is 0 Å². The number of benzene rings is 1. The van der Waals surface area contributed by atoms with Gasteiger partial charge in [0.2, 0.25) is 5.91 Å². The molecule has 1 aromatic carbocycles. The fourth-order valence-corrected chi connectivity index (χ4v) is 3.11. The second-order valence-corrected chi connectivity index (χ2v) is 7.78. The topological polar surface area (TPSA) is 66.8 Å². The largest absolute Gasteiger partial charge is 0.493 e. The predicted octanol–water partition coefficient (Wildman–Crippen LogP) is 3.32. The number of likely N-dealkylation sites (tertiary alicyclic amines) is 1. The highest BCUT2D eigenvalue weighted by molar-refractivity contribution is 5.88. The number of amides is 1. The third kappa shape index (κ3) is 4.74. The molecule has 0 radical (unpaired) electrons. The minimum Gasteiger partial charge on any atom is -0.493 e. The summed E-state index contributed by atoms with van der Waals surface area (Å²) in [5, 5.41) is 9.23. The van der Waals surface area contributed by atoms with E-state index >= 15 is 0 Å². The summed E-state index contributed by atoms with van der Waals surface area (Å²) < 4.78 is 5.69. The number of aliphatic carboxylic acids is 1. The standard InChI is InChI=1S/C20H29NO4/c1-14(2)13-25-17-9-7-16(8-10-17)20(3,4)19(24)21-11-5-6-15(12-21)18(22)23/h7-10,14-15H,5-6,11-13H2,1-4H3,(H,22,23). The minimum absolute atomic E-state index is 0.0192. The Labute approximate surface area is 150 Å². The number of carbonyl (C=O) groups excluding carboxylic acids is 1. The van der Waals surface area contributed by atoms with E-state index in [4.69, 9.17) is 4.74 Å². The Hall–Kier alpha value is -2.04. The van der Waals surface area contributed by atoms with Crippen LogP contribution >= 0.6 is 0 Å². The SMILES string of the molecule is CC(C)COc1ccc(C(C)(C)C(=O)N2CCCC(C(=O)O)C2)cc1. The number of carboxylic acids is 1. The first-order chi connectivity index (χ1) is 11.7. The zero-order chi connectivity index (χ0) is 18.6. The summed E-state index contributed by atoms with van der Waals surface area (Å²) in [6.45, 7) is 9.56. The molecule has 1 saturated heterocycles. The van der Waals surface area contributed by atoms with E-state index in [9.17, 15) is 14.7 Å². The normalized spacial score (nSPS) is 18.3. The molecule has 1 heterocycles. The minimum atomic E-state index is -0.818. The molecule has 1 aromatic rings. The van der Waals surface area contributed by atoms with Crippen LogP contribution in [0.1, 0.15) is 46.1 Å². The monoisotopic (exact) mass is 347 g/mol. The van der Waals surface area contributed by atoms with Crippen molar-refractivity contribution in [2.75, 3.05) is 19.7 Å². The van der Waals surface area contributed by atoms with Gasteiger partial charge in [0.15, 0.2) is 0 Å². The highest BCUT2D eigenvalue weighted by atomic mass is 16.5. The van der Waals surface area contributed by atoms with Gasteiger partial charge < -0.3 is 14.7 Å². The molecule has 1 atom stereocenters. The molecular weight excluding hydrogens is 318 g/mol. The summed E-state index contributed by atoms with van der Waals surface area (Å²) in [4.78, 5) is 25.9. The van der Waals surface area contributed by atoms with Gasteiger partial charge >= 0.3 is 5.97 Å². The fourth-order valence-electron chi connectivity index (χ4n) is 3.11. The van der Waals surface area contributed by atoms with Gasteiger partial charge in [-0.3, -0.25) is 9.59 Å². The molecule has 5 heteroatoms. The van der Waals surface area contributed by atoms with Crippen molar-refractivity contribution >= 4 is 11.9 Å². The summed E-state index contributed by atoms with van der Waals surface area (Å²) in [5.74, 6) is -0.0415. The second kappa shape index (κ2) is 7.89. The number of piperidine rings is 1. The Morgan fingerprint density at radius 1 is 1.28 bits per heavy atom. The van der Waals surface area contributed by atoms with Crippen molar-refractivity contribution in [3.63, 3.8) is 0 Å². The lowest BCUT2D eigenvalue weighted by molar-refractivity contribution is -0.147. The lowest BCUT2D eigenvalue weighted by atomic mass is 9.82. The van der Waals surface area contributed by atoms with E-state index in [0.29, 0.717) is 32.0 Å². The van der Waals surface area contributed by atoms with E-state index in [0.717, 1.165) is 17.7 Å². The van der Waals surface area contributed by atoms with E-state index in [1.807, 2.05) is 38.1 Å². The molecule has 0 bridgehead atoms. The molecule has 0 aliphatic carbocycles. The highest BCUT2D eigenvalue weighted by Gasteiger charge is 2.37. The van der Waals surface area contributed by atoms with Crippen LogP contribution in [0.15, 0.2) is 24.3 Å². The van der Waals surface area contributed by atoms with Crippen molar-refractivity contribution in [1.29, 1.82) is 0 Å². The van der Waals surface area contributed by atoms with Gasteiger partial charge in [-0.1, -0.05) is 26.0 Å². The van der Waals surface area contributed by atoms with Crippen LogP contribution < -0.4 is 4.74 Å². The van der Waals surface area contributed by atoms with Crippen molar-refractivity contribution in [2.45, 2.75) is 46.0 Å². The number of hydrogen-bond donors (Lipinski definition) is 1. The molecule has 1 unspecified atom stereocenters. The first-order valence-electron chi connectivity index (χ1n) is 8.97. The van der Waals surface area contributed by atoms with Gasteiger partial charge in [0, 0.05) is 13.1 Å². The highest BCUT2D eigenvalue weighted by Crippen LogP contribution is 2.29. The molecule has 1 fully saturated rings. The smallest absolute Gasteiger partial charge is 0.308 e. The molecule has 0 saturated carbocycles. The molecule has 5 nitrogen and oxygen atoms in total. The zero-order valence-electron chi connectivity index (χ0n) is 15.6. The summed E-state index contributed by atoms with van der Waals surface area (Å²) >= 11 is 0. The molecule has 1 aliphatic rings. The first kappa shape index (κ1) is 19.3. The Morgan fingerprint density at radius 2 is 1.92 bits per heavy atom. The van der Waals surface area contributed by atoms with E-state index in [-0.39, 0.29) is 5.91 Å². The van der Waals surface area contributed by atoms with Gasteiger partial charge in [-0.2, -0.15) is 0 Å². The van der Waals surface area contributed by atoms with Crippen molar-refractivity contribution in [1.82, 2.24) is 4.90 Å². The molecule has 0 aromatic heterocycles. The van der Waals surface area contributed by atoms with Crippen LogP contribution in [0.5, 0.6) is 5.75 Å². The van der Waals surface area contributed by atoms with Crippen molar-refractivity contribution < 1.29 is 19.4 Å². The molecular formula is C20H29NO4. The number of nitrogens with zero attached hydrogens (tertiary/aromatic N) is 1. The summed E-state index contributed by atoms with van der Waals surface area (Å²) in [5.41, 5.74) is 0.212. The molecule has 2 rings (SSSR count). The van der Waals surface area contributed by atoms with E-state index in [1.165, 1.54) is 0 Å². The number of ether oxygens (including phenoxy) is 1. The van der Waals surface area contributed by atoms with E-state index < -0.39 is 17.3 Å². The number of rotatable bonds is 6. The Bertz CT molecular complexity index is 607. The molecule has 1 amide bonds. The Balaban J connectivity index is 2.08. The zero-order valence-corrected chi connectivity index (χ0v) is 15.6. The molecule has 25 heavy (non-hydrogen) atoms. The molecule has 1 aliphatic heterocycles. The first-order valence-corrected chi connectivity index (χ1v) is 8.97. The van der Waals surface area contributed by atoms with Gasteiger partial charge in [0.25, 0.3) is 0 Å². The lowest BCUT2D eigenvalue weighted by Gasteiger charge is -2.36. The summed E-state index contributed by atoms with van der Waals surface area (Å²) in [6, 6.07) is 7.63. The number of carboxylic acid groups (broad SMARTS) is 1. The molecule has 138 valence electrons. The predicted molar refractivity (Wildman–Crippen MR) is 96.7 cm³/mol. The van der Waals surface area contributed by atoms with Crippen LogP contribution in [0.3, 0.4) is 0 Å². The maximum absolute atomic E-state index is 13.0. The second-order valence-electron chi connectivity index (χ2n) is 7.78. The molecule has 1 N–H and O–H groups in total. The summed E-state index contributed by atoms with van der Waals surface area (Å²) in [6.07, 6.45) is 1.38. The van der Waals surface area contributed by atoms with Crippen molar-refractivity contribution in [3.8, 4) is 5.75 Å². The third-order valence-electron chi connectivity index (χ3n) is 4.75. The van der Waals surface area contributed by atoms with Crippen LogP contribution in [-0.2, 0) is 15.0 Å². The van der Waals surface area contributed by atoms with Crippen LogP contribution in [0, 0.1) is 11.8 Å². The fraction of sp³-hybridized carbons (Fsp3) is 0.600. The van der Waals surface area contributed by atoms with E-state index in [1.54, 1.807) is 4.90 Å². The maximum Gasteiger partial charge on any atom is 0.308 e. The van der Waals surface area contributed by atoms with Gasteiger partial charge in [-0.25, -0.2) is 0 Å². The van der Waals surface area contributed by atoms with Gasteiger partial charge in [0.1, 0.15) is 5.75 Å². The molecule has 0 spiro atoms. The van der Waals surface area contributed by atoms with Crippen molar-refractivity contribution in [3.05, 3.63) is 29.8 Å². The van der Waals surface area contributed by atoms with Crippen molar-refractivity contribution in [2.24, 2.45) is 11.8 Å². The Morgan fingerprint density at radius 3 is 2.48 bits per heavy atom. The average molecular weight is 347 g/mol. The average Bonchev–Trinajstić information content (AvgIpc) is 2.59. The van der Waals surface area contributed by atoms with Gasteiger partial charge in [-0.15, -0.1) is 0 Å². The number of hydrogen-bond acceptors (Lipinski definition) is 3. The van der Waals surface area contributed by atoms with Gasteiger partial charge in [0.05, 0.1) is 17.9 Å². The van der Waals surface area contributed by atoms with Crippen LogP contribution in [0.25, 0.3) is 0 Å². The van der Waals surface area contributed by atoms with Gasteiger partial charge in [-0.05, 0) is 50.3 Å². The number of carbonyl (C=O) groups is 2. The maximum atomic E-state index is 13.0. The summed E-state index contributed by atoms with van der Waals surface area (Å²) in [7, 11) is 0. The van der Waals surface area contributed by atoms with E-state index in [2.05, 4.69) is 13.8 Å².